The van der Waals surface area contributed by atoms with Gasteiger partial charge in [0.15, 0.2) is 0 Å². The molecule has 6 nitrogen and oxygen atoms in total. The predicted molar refractivity (Wildman–Crippen MR) is 101 cm³/mol. The van der Waals surface area contributed by atoms with Crippen molar-refractivity contribution >= 4 is 11.7 Å². The van der Waals surface area contributed by atoms with Crippen molar-refractivity contribution in [2.45, 2.75) is 32.2 Å². The quantitative estimate of drug-likeness (QED) is 0.775. The second-order valence-corrected chi connectivity index (χ2v) is 7.34. The molecule has 2 aliphatic heterocycles. The highest BCUT2D eigenvalue weighted by molar-refractivity contribution is 5.76. The standard InChI is InChI=1S/C19H31N5O/c1-16(22-19(25)6-5-17-7-9-20-14-17)15-23-10-12-24(13-11-23)18-4-2-3-8-21-18/h2-4,8,16-17,20H,5-7,9-15H2,1H3,(H,22,25). The van der Waals surface area contributed by atoms with Gasteiger partial charge in [-0.1, -0.05) is 6.07 Å². The topological polar surface area (TPSA) is 60.5 Å². The van der Waals surface area contributed by atoms with E-state index >= 15 is 0 Å². The van der Waals surface area contributed by atoms with Gasteiger partial charge < -0.3 is 15.5 Å². The molecule has 1 aromatic heterocycles. The number of carbonyl (C=O) groups excluding carboxylic acids is 1. The number of hydrogen-bond donors (Lipinski definition) is 2. The molecule has 0 radical (unpaired) electrons. The Bertz CT molecular complexity index is 524. The van der Waals surface area contributed by atoms with Crippen LogP contribution in [-0.4, -0.2) is 67.6 Å². The molecule has 2 aliphatic rings. The van der Waals surface area contributed by atoms with Crippen molar-refractivity contribution in [1.29, 1.82) is 0 Å². The van der Waals surface area contributed by atoms with Crippen molar-refractivity contribution in [2.24, 2.45) is 5.92 Å². The first-order valence-corrected chi connectivity index (χ1v) is 9.59. The van der Waals surface area contributed by atoms with Gasteiger partial charge >= 0.3 is 0 Å². The number of piperazine rings is 1. The lowest BCUT2D eigenvalue weighted by molar-refractivity contribution is -0.122. The first-order chi connectivity index (χ1) is 12.2. The van der Waals surface area contributed by atoms with Crippen LogP contribution < -0.4 is 15.5 Å². The molecule has 25 heavy (non-hydrogen) atoms. The SMILES string of the molecule is CC(CN1CCN(c2ccccn2)CC1)NC(=O)CCC1CCNC1. The van der Waals surface area contributed by atoms with Gasteiger partial charge in [-0.3, -0.25) is 9.69 Å². The highest BCUT2D eigenvalue weighted by atomic mass is 16.1. The number of anilines is 1. The van der Waals surface area contributed by atoms with Crippen LogP contribution in [0.5, 0.6) is 0 Å². The second kappa shape index (κ2) is 9.15. The van der Waals surface area contributed by atoms with Crippen molar-refractivity contribution in [2.75, 3.05) is 50.7 Å². The summed E-state index contributed by atoms with van der Waals surface area (Å²) in [6, 6.07) is 6.26. The summed E-state index contributed by atoms with van der Waals surface area (Å²) in [6.45, 7) is 9.23. The van der Waals surface area contributed by atoms with Gasteiger partial charge in [0.1, 0.15) is 5.82 Å². The van der Waals surface area contributed by atoms with E-state index in [9.17, 15) is 4.79 Å². The molecule has 1 aromatic rings. The lowest BCUT2D eigenvalue weighted by atomic mass is 10.0. The van der Waals surface area contributed by atoms with E-state index in [4.69, 9.17) is 0 Å². The van der Waals surface area contributed by atoms with Crippen LogP contribution in [0.2, 0.25) is 0 Å². The molecule has 2 N–H and O–H groups in total. The first-order valence-electron chi connectivity index (χ1n) is 9.59. The van der Waals surface area contributed by atoms with Gasteiger partial charge in [0, 0.05) is 51.4 Å². The number of nitrogens with zero attached hydrogens (tertiary/aromatic N) is 3. The largest absolute Gasteiger partial charge is 0.354 e. The minimum absolute atomic E-state index is 0.200. The van der Waals surface area contributed by atoms with Crippen molar-refractivity contribution in [3.8, 4) is 0 Å². The molecular weight excluding hydrogens is 314 g/mol. The minimum Gasteiger partial charge on any atom is -0.354 e. The van der Waals surface area contributed by atoms with E-state index in [-0.39, 0.29) is 11.9 Å². The van der Waals surface area contributed by atoms with E-state index in [2.05, 4.69) is 38.4 Å². The molecule has 3 heterocycles. The molecule has 0 bridgehead atoms. The summed E-state index contributed by atoms with van der Waals surface area (Å²) in [7, 11) is 0. The van der Waals surface area contributed by atoms with Crippen LogP contribution in [0.3, 0.4) is 0 Å². The lowest BCUT2D eigenvalue weighted by Crippen LogP contribution is -2.51. The third-order valence-electron chi connectivity index (χ3n) is 5.23. The molecule has 6 heteroatoms. The molecule has 3 rings (SSSR count). The van der Waals surface area contributed by atoms with E-state index < -0.39 is 0 Å². The average molecular weight is 345 g/mol. The van der Waals surface area contributed by atoms with E-state index in [0.717, 1.165) is 58.1 Å². The second-order valence-electron chi connectivity index (χ2n) is 7.34. The van der Waals surface area contributed by atoms with Crippen LogP contribution in [0.25, 0.3) is 0 Å². The number of rotatable bonds is 7. The van der Waals surface area contributed by atoms with Crippen LogP contribution >= 0.6 is 0 Å². The van der Waals surface area contributed by atoms with Gasteiger partial charge in [-0.05, 0) is 50.9 Å². The number of pyridine rings is 1. The molecule has 2 atom stereocenters. The maximum atomic E-state index is 12.1. The molecule has 0 aliphatic carbocycles. The lowest BCUT2D eigenvalue weighted by Gasteiger charge is -2.36. The van der Waals surface area contributed by atoms with Crippen molar-refractivity contribution < 1.29 is 4.79 Å². The highest BCUT2D eigenvalue weighted by Gasteiger charge is 2.20. The fourth-order valence-corrected chi connectivity index (χ4v) is 3.78. The Morgan fingerprint density at radius 2 is 2.20 bits per heavy atom. The molecule has 2 unspecified atom stereocenters. The van der Waals surface area contributed by atoms with Gasteiger partial charge in [-0.25, -0.2) is 4.98 Å². The zero-order valence-corrected chi connectivity index (χ0v) is 15.3. The summed E-state index contributed by atoms with van der Waals surface area (Å²) < 4.78 is 0. The van der Waals surface area contributed by atoms with Gasteiger partial charge in [0.2, 0.25) is 5.91 Å². The Morgan fingerprint density at radius 1 is 1.36 bits per heavy atom. The Labute approximate surface area is 151 Å². The zero-order chi connectivity index (χ0) is 17.5. The number of aromatic nitrogens is 1. The molecule has 138 valence electrons. The monoisotopic (exact) mass is 345 g/mol. The summed E-state index contributed by atoms with van der Waals surface area (Å²) in [5, 5.41) is 6.53. The van der Waals surface area contributed by atoms with Crippen molar-refractivity contribution in [3.05, 3.63) is 24.4 Å². The van der Waals surface area contributed by atoms with Crippen LogP contribution in [0.1, 0.15) is 26.2 Å². The Balaban J connectivity index is 1.33. The average Bonchev–Trinajstić information content (AvgIpc) is 3.15. The van der Waals surface area contributed by atoms with Gasteiger partial charge in [0.05, 0.1) is 0 Å². The van der Waals surface area contributed by atoms with E-state index in [1.54, 1.807) is 0 Å². The smallest absolute Gasteiger partial charge is 0.220 e. The third kappa shape index (κ3) is 5.68. The van der Waals surface area contributed by atoms with E-state index in [0.29, 0.717) is 12.3 Å². The maximum absolute atomic E-state index is 12.1. The number of carbonyl (C=O) groups is 1. The molecule has 2 fully saturated rings. The van der Waals surface area contributed by atoms with Crippen LogP contribution in [0.15, 0.2) is 24.4 Å². The Kier molecular flexibility index (Phi) is 6.64. The third-order valence-corrected chi connectivity index (χ3v) is 5.23. The normalized spacial score (nSPS) is 22.8. The minimum atomic E-state index is 0.200. The predicted octanol–water partition coefficient (Wildman–Crippen LogP) is 1.10. The summed E-state index contributed by atoms with van der Waals surface area (Å²) in [4.78, 5) is 21.3. The van der Waals surface area contributed by atoms with Gasteiger partial charge in [0.25, 0.3) is 0 Å². The first kappa shape index (κ1) is 18.1. The highest BCUT2D eigenvalue weighted by Crippen LogP contribution is 2.14. The van der Waals surface area contributed by atoms with Crippen LogP contribution in [0, 0.1) is 5.92 Å². The summed E-state index contributed by atoms with van der Waals surface area (Å²) in [6.07, 6.45) is 4.72. The Morgan fingerprint density at radius 3 is 2.88 bits per heavy atom. The van der Waals surface area contributed by atoms with E-state index in [1.165, 1.54) is 6.42 Å². The summed E-state index contributed by atoms with van der Waals surface area (Å²) >= 11 is 0. The summed E-state index contributed by atoms with van der Waals surface area (Å²) in [5.41, 5.74) is 0. The molecule has 2 saturated heterocycles. The van der Waals surface area contributed by atoms with Gasteiger partial charge in [-0.15, -0.1) is 0 Å². The molecule has 0 spiro atoms. The van der Waals surface area contributed by atoms with Crippen molar-refractivity contribution in [1.82, 2.24) is 20.5 Å². The van der Waals surface area contributed by atoms with Crippen LogP contribution in [-0.2, 0) is 4.79 Å². The zero-order valence-electron chi connectivity index (χ0n) is 15.3. The van der Waals surface area contributed by atoms with Crippen LogP contribution in [0.4, 0.5) is 5.82 Å². The molecular formula is C19H31N5O. The Hall–Kier alpha value is -1.66. The number of nitrogens with one attached hydrogen (secondary N) is 2. The number of hydrogen-bond acceptors (Lipinski definition) is 5. The van der Waals surface area contributed by atoms with Gasteiger partial charge in [-0.2, -0.15) is 0 Å². The number of amides is 1. The van der Waals surface area contributed by atoms with Crippen molar-refractivity contribution in [3.63, 3.8) is 0 Å². The van der Waals surface area contributed by atoms with E-state index in [1.807, 2.05) is 18.3 Å². The fraction of sp³-hybridized carbons (Fsp3) is 0.684. The fourth-order valence-electron chi connectivity index (χ4n) is 3.78. The maximum Gasteiger partial charge on any atom is 0.220 e. The molecule has 0 aromatic carbocycles. The molecule has 0 saturated carbocycles. The molecule has 1 amide bonds. The summed E-state index contributed by atoms with van der Waals surface area (Å²) in [5.74, 6) is 1.94.